The molecule has 0 unspecified atom stereocenters. The van der Waals surface area contributed by atoms with Crippen molar-refractivity contribution in [2.24, 2.45) is 0 Å². The number of benzene rings is 1. The van der Waals surface area contributed by atoms with Gasteiger partial charge in [0, 0.05) is 38.9 Å². The first kappa shape index (κ1) is 24.4. The number of hydrogen-bond acceptors (Lipinski definition) is 7. The molecule has 0 radical (unpaired) electrons. The molecule has 178 valence electrons. The molecule has 34 heavy (non-hydrogen) atoms. The van der Waals surface area contributed by atoms with Gasteiger partial charge in [-0.3, -0.25) is 14.5 Å². The normalized spacial score (nSPS) is 14.5. The molecule has 3 heterocycles. The molecule has 9 heteroatoms. The first-order chi connectivity index (χ1) is 16.7. The summed E-state index contributed by atoms with van der Waals surface area (Å²) in [5.74, 6) is 0.437. The van der Waals surface area contributed by atoms with E-state index < -0.39 is 0 Å². The molecular formula is C25H29N5O2S2. The van der Waals surface area contributed by atoms with Crippen molar-refractivity contribution in [2.45, 2.75) is 18.0 Å². The smallest absolute Gasteiger partial charge is 0.234 e. The van der Waals surface area contributed by atoms with Gasteiger partial charge < -0.3 is 10.2 Å². The van der Waals surface area contributed by atoms with E-state index in [4.69, 9.17) is 0 Å². The molecule has 1 saturated heterocycles. The van der Waals surface area contributed by atoms with Crippen molar-refractivity contribution in [2.75, 3.05) is 45.0 Å². The Kier molecular flexibility index (Phi) is 9.06. The van der Waals surface area contributed by atoms with Crippen LogP contribution in [0, 0.1) is 0 Å². The Morgan fingerprint density at radius 3 is 2.74 bits per heavy atom. The fourth-order valence-corrected chi connectivity index (χ4v) is 5.25. The maximum absolute atomic E-state index is 12.8. The fourth-order valence-electron chi connectivity index (χ4n) is 3.82. The topological polar surface area (TPSA) is 78.4 Å². The summed E-state index contributed by atoms with van der Waals surface area (Å²) >= 11 is 3.01. The summed E-state index contributed by atoms with van der Waals surface area (Å²) in [6.45, 7) is 3.86. The minimum Gasteiger partial charge on any atom is -0.355 e. The molecule has 2 amide bonds. The lowest BCUT2D eigenvalue weighted by Crippen LogP contribution is -2.40. The lowest BCUT2D eigenvalue weighted by Gasteiger charge is -2.21. The Balaban J connectivity index is 1.18. The highest BCUT2D eigenvalue weighted by Crippen LogP contribution is 2.24. The molecule has 0 aliphatic carbocycles. The number of aromatic nitrogens is 2. The average Bonchev–Trinajstić information content (AvgIpc) is 3.31. The zero-order chi connectivity index (χ0) is 23.6. The first-order valence-electron chi connectivity index (χ1n) is 11.5. The van der Waals surface area contributed by atoms with Gasteiger partial charge in [-0.1, -0.05) is 48.2 Å². The van der Waals surface area contributed by atoms with E-state index in [1.165, 1.54) is 17.3 Å². The molecule has 1 aliphatic heterocycles. The Bertz CT molecular complexity index is 1060. The second-order valence-electron chi connectivity index (χ2n) is 8.09. The molecule has 0 saturated carbocycles. The number of thioether (sulfide) groups is 1. The Morgan fingerprint density at radius 2 is 1.91 bits per heavy atom. The van der Waals surface area contributed by atoms with Gasteiger partial charge in [-0.2, -0.15) is 0 Å². The van der Waals surface area contributed by atoms with Crippen LogP contribution >= 0.6 is 23.1 Å². The van der Waals surface area contributed by atoms with Gasteiger partial charge in [-0.15, -0.1) is 11.3 Å². The third kappa shape index (κ3) is 7.38. The first-order valence-corrected chi connectivity index (χ1v) is 13.3. The minimum atomic E-state index is 0.0361. The molecule has 1 aliphatic rings. The standard InChI is InChI=1S/C25H29N5O2S2/c31-23(26-11-9-20-6-2-1-3-7-20)18-29-13-5-14-30(16-15-29)24(32)19-34-25-27-12-10-21(28-25)22-8-4-17-33-22/h1-4,6-8,10,12,17H,5,9,11,13-16,18-19H2,(H,26,31). The molecule has 0 atom stereocenters. The maximum Gasteiger partial charge on any atom is 0.234 e. The molecule has 1 N–H and O–H groups in total. The SMILES string of the molecule is O=C(CN1CCCN(C(=O)CSc2nccc(-c3cccs3)n2)CC1)NCCc1ccccc1. The van der Waals surface area contributed by atoms with Crippen molar-refractivity contribution in [3.63, 3.8) is 0 Å². The van der Waals surface area contributed by atoms with Gasteiger partial charge in [0.25, 0.3) is 0 Å². The molecule has 0 bridgehead atoms. The molecule has 1 aromatic carbocycles. The van der Waals surface area contributed by atoms with Gasteiger partial charge in [0.1, 0.15) is 0 Å². The van der Waals surface area contributed by atoms with Gasteiger partial charge in [-0.25, -0.2) is 9.97 Å². The molecule has 2 aromatic heterocycles. The zero-order valence-corrected chi connectivity index (χ0v) is 20.7. The minimum absolute atomic E-state index is 0.0361. The van der Waals surface area contributed by atoms with E-state index >= 15 is 0 Å². The molecule has 0 spiro atoms. The molecule has 7 nitrogen and oxygen atoms in total. The second kappa shape index (κ2) is 12.6. The van der Waals surface area contributed by atoms with Crippen LogP contribution in [0.25, 0.3) is 10.6 Å². The van der Waals surface area contributed by atoms with Crippen LogP contribution in [0.5, 0.6) is 0 Å². The van der Waals surface area contributed by atoms with E-state index in [1.807, 2.05) is 46.7 Å². The van der Waals surface area contributed by atoms with Crippen molar-refractivity contribution in [1.29, 1.82) is 0 Å². The van der Waals surface area contributed by atoms with E-state index in [-0.39, 0.29) is 11.8 Å². The number of amides is 2. The predicted molar refractivity (Wildman–Crippen MR) is 137 cm³/mol. The van der Waals surface area contributed by atoms with E-state index in [9.17, 15) is 9.59 Å². The van der Waals surface area contributed by atoms with Crippen molar-refractivity contribution in [1.82, 2.24) is 25.1 Å². The lowest BCUT2D eigenvalue weighted by atomic mass is 10.1. The maximum atomic E-state index is 12.8. The highest BCUT2D eigenvalue weighted by Gasteiger charge is 2.21. The largest absolute Gasteiger partial charge is 0.355 e. The van der Waals surface area contributed by atoms with Gasteiger partial charge in [0.05, 0.1) is 22.9 Å². The number of nitrogens with one attached hydrogen (secondary N) is 1. The van der Waals surface area contributed by atoms with Crippen LogP contribution < -0.4 is 5.32 Å². The number of nitrogens with zero attached hydrogens (tertiary/aromatic N) is 4. The van der Waals surface area contributed by atoms with Crippen LogP contribution in [0.3, 0.4) is 0 Å². The quantitative estimate of drug-likeness (QED) is 0.363. The fraction of sp³-hybridized carbons (Fsp3) is 0.360. The van der Waals surface area contributed by atoms with Crippen LogP contribution in [-0.2, 0) is 16.0 Å². The van der Waals surface area contributed by atoms with Gasteiger partial charge >= 0.3 is 0 Å². The third-order valence-corrected chi connectivity index (χ3v) is 7.36. The Hall–Kier alpha value is -2.75. The van der Waals surface area contributed by atoms with Crippen molar-refractivity contribution in [3.05, 3.63) is 65.7 Å². The number of rotatable bonds is 9. The third-order valence-electron chi connectivity index (χ3n) is 5.62. The van der Waals surface area contributed by atoms with Crippen molar-refractivity contribution < 1.29 is 9.59 Å². The summed E-state index contributed by atoms with van der Waals surface area (Å²) in [5.41, 5.74) is 2.10. The molecule has 1 fully saturated rings. The summed E-state index contributed by atoms with van der Waals surface area (Å²) in [4.78, 5) is 39.1. The summed E-state index contributed by atoms with van der Waals surface area (Å²) in [6, 6.07) is 16.1. The number of thiophene rings is 1. The van der Waals surface area contributed by atoms with E-state index in [0.29, 0.717) is 43.6 Å². The van der Waals surface area contributed by atoms with E-state index in [1.54, 1.807) is 17.5 Å². The molecule has 3 aromatic rings. The van der Waals surface area contributed by atoms with Crippen molar-refractivity contribution in [3.8, 4) is 10.6 Å². The van der Waals surface area contributed by atoms with Crippen LogP contribution in [0.1, 0.15) is 12.0 Å². The monoisotopic (exact) mass is 495 g/mol. The summed E-state index contributed by atoms with van der Waals surface area (Å²) < 4.78 is 0. The average molecular weight is 496 g/mol. The van der Waals surface area contributed by atoms with Crippen LogP contribution in [-0.4, -0.2) is 76.6 Å². The summed E-state index contributed by atoms with van der Waals surface area (Å²) in [7, 11) is 0. The van der Waals surface area contributed by atoms with Gasteiger partial charge in [-0.05, 0) is 35.9 Å². The van der Waals surface area contributed by atoms with E-state index in [2.05, 4.69) is 32.3 Å². The second-order valence-corrected chi connectivity index (χ2v) is 9.98. The highest BCUT2D eigenvalue weighted by molar-refractivity contribution is 7.99. The molecule has 4 rings (SSSR count). The molecular weight excluding hydrogens is 466 g/mol. The van der Waals surface area contributed by atoms with Gasteiger partial charge in [0.2, 0.25) is 11.8 Å². The number of hydrogen-bond donors (Lipinski definition) is 1. The Labute approximate surface area is 208 Å². The number of carbonyl (C=O) groups is 2. The van der Waals surface area contributed by atoms with E-state index in [0.717, 1.165) is 30.0 Å². The Morgan fingerprint density at radius 1 is 1.03 bits per heavy atom. The van der Waals surface area contributed by atoms with Crippen LogP contribution in [0.2, 0.25) is 0 Å². The summed E-state index contributed by atoms with van der Waals surface area (Å²) in [5, 5.41) is 5.64. The lowest BCUT2D eigenvalue weighted by molar-refractivity contribution is -0.128. The number of carbonyl (C=O) groups excluding carboxylic acids is 2. The van der Waals surface area contributed by atoms with Gasteiger partial charge in [0.15, 0.2) is 5.16 Å². The highest BCUT2D eigenvalue weighted by atomic mass is 32.2. The van der Waals surface area contributed by atoms with Crippen molar-refractivity contribution >= 4 is 34.9 Å². The predicted octanol–water partition coefficient (Wildman–Crippen LogP) is 3.19. The van der Waals surface area contributed by atoms with Crippen LogP contribution in [0.4, 0.5) is 0 Å². The summed E-state index contributed by atoms with van der Waals surface area (Å²) in [6.07, 6.45) is 3.42. The zero-order valence-electron chi connectivity index (χ0n) is 19.1. The van der Waals surface area contributed by atoms with Crippen LogP contribution in [0.15, 0.2) is 65.3 Å².